The van der Waals surface area contributed by atoms with Gasteiger partial charge < -0.3 is 24.8 Å². The maximum Gasteiger partial charge on any atom is 0.321 e. The second kappa shape index (κ2) is 11.0. The van der Waals surface area contributed by atoms with Crippen LogP contribution in [0, 0.1) is 6.92 Å². The Kier molecular flexibility index (Phi) is 8.45. The SMILES string of the molecule is Cc1cc2c(cc(C(=O)NC(CO)c3ccc(S(=O)(=O)CC(=O)OCCO)cc3)n2C)c(Cl)c1Cl. The van der Waals surface area contributed by atoms with E-state index in [0.717, 1.165) is 11.1 Å². The van der Waals surface area contributed by atoms with Gasteiger partial charge >= 0.3 is 5.97 Å². The van der Waals surface area contributed by atoms with Crippen molar-refractivity contribution in [1.29, 1.82) is 0 Å². The van der Waals surface area contributed by atoms with Gasteiger partial charge in [-0.15, -0.1) is 0 Å². The predicted molar refractivity (Wildman–Crippen MR) is 132 cm³/mol. The Morgan fingerprint density at radius 1 is 1.11 bits per heavy atom. The van der Waals surface area contributed by atoms with Gasteiger partial charge in [0.2, 0.25) is 0 Å². The first kappa shape index (κ1) is 27.0. The van der Waals surface area contributed by atoms with E-state index in [9.17, 15) is 23.1 Å². The van der Waals surface area contributed by atoms with Gasteiger partial charge in [0.25, 0.3) is 5.91 Å². The van der Waals surface area contributed by atoms with E-state index in [2.05, 4.69) is 10.1 Å². The fourth-order valence-corrected chi connectivity index (χ4v) is 5.13. The third-order valence-corrected chi connectivity index (χ3v) is 8.02. The third kappa shape index (κ3) is 5.79. The number of carbonyl (C=O) groups excluding carboxylic acids is 2. The quantitative estimate of drug-likeness (QED) is 0.353. The minimum atomic E-state index is -3.97. The first-order valence-corrected chi connectivity index (χ1v) is 12.9. The summed E-state index contributed by atoms with van der Waals surface area (Å²) in [5.41, 5.74) is 2.23. The van der Waals surface area contributed by atoms with Gasteiger partial charge in [-0.1, -0.05) is 35.3 Å². The van der Waals surface area contributed by atoms with E-state index in [1.165, 1.54) is 24.3 Å². The molecule has 188 valence electrons. The first-order chi connectivity index (χ1) is 16.5. The van der Waals surface area contributed by atoms with E-state index in [0.29, 0.717) is 26.7 Å². The maximum atomic E-state index is 13.0. The molecule has 0 aliphatic carbocycles. The lowest BCUT2D eigenvalue weighted by Gasteiger charge is -2.17. The van der Waals surface area contributed by atoms with Crippen LogP contribution in [0.3, 0.4) is 0 Å². The minimum Gasteiger partial charge on any atom is -0.462 e. The third-order valence-electron chi connectivity index (χ3n) is 5.43. The number of benzene rings is 2. The highest BCUT2D eigenvalue weighted by Gasteiger charge is 2.23. The van der Waals surface area contributed by atoms with Crippen molar-refractivity contribution < 1.29 is 33.0 Å². The average molecular weight is 543 g/mol. The van der Waals surface area contributed by atoms with Crippen LogP contribution in [0.2, 0.25) is 10.0 Å². The van der Waals surface area contributed by atoms with Crippen molar-refractivity contribution in [2.24, 2.45) is 7.05 Å². The molecule has 0 bridgehead atoms. The maximum absolute atomic E-state index is 13.0. The van der Waals surface area contributed by atoms with Crippen molar-refractivity contribution in [3.05, 3.63) is 63.3 Å². The number of amides is 1. The molecule has 2 aromatic carbocycles. The van der Waals surface area contributed by atoms with E-state index in [1.54, 1.807) is 17.7 Å². The zero-order valence-electron chi connectivity index (χ0n) is 18.9. The fourth-order valence-electron chi connectivity index (χ4n) is 3.56. The number of rotatable bonds is 9. The first-order valence-electron chi connectivity index (χ1n) is 10.4. The molecule has 0 aliphatic rings. The van der Waals surface area contributed by atoms with Crippen LogP contribution >= 0.6 is 23.2 Å². The molecule has 1 amide bonds. The number of aryl methyl sites for hydroxylation is 2. The van der Waals surface area contributed by atoms with Crippen molar-refractivity contribution >= 4 is 55.8 Å². The zero-order valence-corrected chi connectivity index (χ0v) is 21.2. The summed E-state index contributed by atoms with van der Waals surface area (Å²) in [6, 6.07) is 8.04. The number of halogens is 2. The number of hydrogen-bond acceptors (Lipinski definition) is 7. The number of nitrogens with one attached hydrogen (secondary N) is 1. The summed E-state index contributed by atoms with van der Waals surface area (Å²) in [5.74, 6) is -2.33. The predicted octanol–water partition coefficient (Wildman–Crippen LogP) is 2.57. The number of carbonyl (C=O) groups is 2. The summed E-state index contributed by atoms with van der Waals surface area (Å²) >= 11 is 12.6. The van der Waals surface area contributed by atoms with Gasteiger partial charge in [-0.25, -0.2) is 8.42 Å². The summed E-state index contributed by atoms with van der Waals surface area (Å²) in [7, 11) is -2.26. The fraction of sp³-hybridized carbons (Fsp3) is 0.304. The number of aliphatic hydroxyl groups excluding tert-OH is 2. The Hall–Kier alpha value is -2.63. The molecule has 12 heteroatoms. The Morgan fingerprint density at radius 3 is 2.37 bits per heavy atom. The molecule has 1 atom stereocenters. The van der Waals surface area contributed by atoms with Crippen molar-refractivity contribution in [2.75, 3.05) is 25.6 Å². The molecule has 3 aromatic rings. The molecule has 9 nitrogen and oxygen atoms in total. The Balaban J connectivity index is 1.80. The number of aromatic nitrogens is 1. The van der Waals surface area contributed by atoms with Crippen LogP contribution in [0.4, 0.5) is 0 Å². The van der Waals surface area contributed by atoms with Crippen LogP contribution in [-0.2, 0) is 26.4 Å². The van der Waals surface area contributed by atoms with E-state index in [-0.39, 0.29) is 11.5 Å². The zero-order chi connectivity index (χ0) is 25.9. The number of sulfone groups is 1. The van der Waals surface area contributed by atoms with Gasteiger partial charge in [0, 0.05) is 12.4 Å². The molecule has 3 rings (SSSR count). The molecule has 0 saturated heterocycles. The number of ether oxygens (including phenoxy) is 1. The average Bonchev–Trinajstić information content (AvgIpc) is 3.15. The molecule has 0 spiro atoms. The van der Waals surface area contributed by atoms with Crippen LogP contribution < -0.4 is 5.32 Å². The number of nitrogens with zero attached hydrogens (tertiary/aromatic N) is 1. The van der Waals surface area contributed by atoms with E-state index < -0.39 is 46.7 Å². The number of fused-ring (bicyclic) bond motifs is 1. The van der Waals surface area contributed by atoms with E-state index in [4.69, 9.17) is 28.3 Å². The molecular formula is C23H24Cl2N2O7S. The summed E-state index contributed by atoms with van der Waals surface area (Å²) in [6.45, 7) is 0.666. The van der Waals surface area contributed by atoms with E-state index in [1.807, 2.05) is 13.0 Å². The highest BCUT2D eigenvalue weighted by molar-refractivity contribution is 7.92. The van der Waals surface area contributed by atoms with Crippen LogP contribution in [0.1, 0.15) is 27.7 Å². The van der Waals surface area contributed by atoms with Crippen LogP contribution in [0.25, 0.3) is 10.9 Å². The second-order valence-electron chi connectivity index (χ2n) is 7.82. The van der Waals surface area contributed by atoms with Gasteiger partial charge in [-0.2, -0.15) is 0 Å². The van der Waals surface area contributed by atoms with Crippen LogP contribution in [0.5, 0.6) is 0 Å². The summed E-state index contributed by atoms with van der Waals surface area (Å²) in [4.78, 5) is 24.5. The van der Waals surface area contributed by atoms with Gasteiger partial charge in [-0.3, -0.25) is 9.59 Å². The minimum absolute atomic E-state index is 0.124. The lowest BCUT2D eigenvalue weighted by Crippen LogP contribution is -2.32. The second-order valence-corrected chi connectivity index (χ2v) is 10.6. The molecule has 1 aromatic heterocycles. The van der Waals surface area contributed by atoms with Crippen LogP contribution in [-0.4, -0.2) is 60.6 Å². The Labute approximate surface area is 212 Å². The lowest BCUT2D eigenvalue weighted by molar-refractivity contribution is -0.141. The van der Waals surface area contributed by atoms with E-state index >= 15 is 0 Å². The molecule has 1 heterocycles. The summed E-state index contributed by atoms with van der Waals surface area (Å²) < 4.78 is 31.1. The molecule has 1 unspecified atom stereocenters. The lowest BCUT2D eigenvalue weighted by atomic mass is 10.1. The standard InChI is InChI=1S/C23H24Cl2N2O7S/c1-13-9-18-16(22(25)21(13)24)10-19(27(18)2)23(31)26-17(11-29)14-3-5-15(6-4-14)35(32,33)12-20(30)34-8-7-28/h3-6,9-10,17,28-29H,7-8,11-12H2,1-2H3,(H,26,31). The molecule has 0 fully saturated rings. The molecule has 3 N–H and O–H groups in total. The van der Waals surface area contributed by atoms with Gasteiger partial charge in [0.05, 0.1) is 39.7 Å². The smallest absolute Gasteiger partial charge is 0.321 e. The molecule has 0 saturated carbocycles. The Bertz CT molecular complexity index is 1370. The normalized spacial score (nSPS) is 12.5. The molecular weight excluding hydrogens is 519 g/mol. The topological polar surface area (TPSA) is 135 Å². The molecule has 0 radical (unpaired) electrons. The van der Waals surface area contributed by atoms with Gasteiger partial charge in [0.1, 0.15) is 12.3 Å². The van der Waals surface area contributed by atoms with Crippen molar-refractivity contribution in [3.63, 3.8) is 0 Å². The number of esters is 1. The van der Waals surface area contributed by atoms with Crippen molar-refractivity contribution in [2.45, 2.75) is 17.9 Å². The number of aliphatic hydroxyl groups is 2. The highest BCUT2D eigenvalue weighted by atomic mass is 35.5. The van der Waals surface area contributed by atoms with Crippen molar-refractivity contribution in [3.8, 4) is 0 Å². The highest BCUT2D eigenvalue weighted by Crippen LogP contribution is 2.35. The van der Waals surface area contributed by atoms with Gasteiger partial charge in [0.15, 0.2) is 15.6 Å². The number of hydrogen-bond donors (Lipinski definition) is 3. The Morgan fingerprint density at radius 2 is 1.77 bits per heavy atom. The monoisotopic (exact) mass is 542 g/mol. The molecule has 0 aliphatic heterocycles. The summed E-state index contributed by atoms with van der Waals surface area (Å²) in [6.07, 6.45) is 0. The van der Waals surface area contributed by atoms with Crippen LogP contribution in [0.15, 0.2) is 41.3 Å². The molecule has 35 heavy (non-hydrogen) atoms. The van der Waals surface area contributed by atoms with Gasteiger partial charge in [-0.05, 0) is 42.3 Å². The van der Waals surface area contributed by atoms with Crippen molar-refractivity contribution in [1.82, 2.24) is 9.88 Å². The largest absolute Gasteiger partial charge is 0.462 e. The summed E-state index contributed by atoms with van der Waals surface area (Å²) in [5, 5.41) is 22.6.